The topological polar surface area (TPSA) is 70.0 Å². The Kier molecular flexibility index (Phi) is 6.13. The SMILES string of the molecule is CN=C(NCCc1c[nH]c2cc(C)ccc12)NCc1cccc(Cn2ccnc2)c1. The number of aromatic nitrogens is 3. The van der Waals surface area contributed by atoms with E-state index in [9.17, 15) is 0 Å². The van der Waals surface area contributed by atoms with Gasteiger partial charge in [-0.1, -0.05) is 36.4 Å². The Morgan fingerprint density at radius 1 is 1.13 bits per heavy atom. The van der Waals surface area contributed by atoms with Crippen LogP contribution in [0.25, 0.3) is 10.9 Å². The molecular formula is C24H28N6. The number of aromatic amines is 1. The molecule has 6 nitrogen and oxygen atoms in total. The fourth-order valence-corrected chi connectivity index (χ4v) is 3.66. The largest absolute Gasteiger partial charge is 0.361 e. The fourth-order valence-electron chi connectivity index (χ4n) is 3.66. The molecule has 154 valence electrons. The van der Waals surface area contributed by atoms with E-state index in [1.807, 2.05) is 12.5 Å². The van der Waals surface area contributed by atoms with Gasteiger partial charge in [0.1, 0.15) is 0 Å². The average Bonchev–Trinajstić information content (AvgIpc) is 3.40. The number of benzene rings is 2. The molecule has 2 aromatic heterocycles. The zero-order chi connectivity index (χ0) is 20.8. The van der Waals surface area contributed by atoms with Crippen LogP contribution in [0.2, 0.25) is 0 Å². The molecule has 2 heterocycles. The number of nitrogens with one attached hydrogen (secondary N) is 3. The summed E-state index contributed by atoms with van der Waals surface area (Å²) in [5.74, 6) is 0.811. The summed E-state index contributed by atoms with van der Waals surface area (Å²) in [7, 11) is 1.80. The third kappa shape index (κ3) is 4.89. The van der Waals surface area contributed by atoms with Gasteiger partial charge in [0, 0.05) is 56.2 Å². The van der Waals surface area contributed by atoms with Crippen molar-refractivity contribution in [2.24, 2.45) is 4.99 Å². The lowest BCUT2D eigenvalue weighted by atomic mass is 10.1. The highest BCUT2D eigenvalue weighted by atomic mass is 15.2. The number of fused-ring (bicyclic) bond motifs is 1. The average molecular weight is 401 g/mol. The minimum atomic E-state index is 0.726. The fraction of sp³-hybridized carbons (Fsp3) is 0.250. The summed E-state index contributed by atoms with van der Waals surface area (Å²) in [6.07, 6.45) is 8.66. The summed E-state index contributed by atoms with van der Waals surface area (Å²) in [5.41, 5.74) is 6.27. The number of aliphatic imine (C=N–C) groups is 1. The monoisotopic (exact) mass is 400 g/mol. The molecule has 0 unspecified atom stereocenters. The van der Waals surface area contributed by atoms with E-state index in [4.69, 9.17) is 0 Å². The minimum absolute atomic E-state index is 0.726. The number of guanidine groups is 1. The maximum Gasteiger partial charge on any atom is 0.191 e. The molecule has 4 aromatic rings. The van der Waals surface area contributed by atoms with E-state index >= 15 is 0 Å². The van der Waals surface area contributed by atoms with E-state index in [1.165, 1.54) is 33.2 Å². The first-order valence-corrected chi connectivity index (χ1v) is 10.3. The lowest BCUT2D eigenvalue weighted by Gasteiger charge is -2.12. The molecule has 0 aliphatic heterocycles. The Bertz CT molecular complexity index is 1120. The van der Waals surface area contributed by atoms with Gasteiger partial charge in [-0.15, -0.1) is 0 Å². The Morgan fingerprint density at radius 3 is 2.87 bits per heavy atom. The highest BCUT2D eigenvalue weighted by Crippen LogP contribution is 2.19. The predicted molar refractivity (Wildman–Crippen MR) is 123 cm³/mol. The molecule has 0 saturated carbocycles. The maximum atomic E-state index is 4.35. The molecule has 0 atom stereocenters. The van der Waals surface area contributed by atoms with E-state index < -0.39 is 0 Å². The lowest BCUT2D eigenvalue weighted by Crippen LogP contribution is -2.37. The molecule has 0 saturated heterocycles. The standard InChI is InChI=1S/C24H28N6/c1-18-6-7-22-21(15-28-23(22)12-18)8-9-27-24(25-2)29-14-19-4-3-5-20(13-19)16-30-11-10-26-17-30/h3-7,10-13,15,17,28H,8-9,14,16H2,1-2H3,(H2,25,27,29). The Labute approximate surface area is 177 Å². The van der Waals surface area contributed by atoms with Gasteiger partial charge in [-0.2, -0.15) is 0 Å². The third-order valence-electron chi connectivity index (χ3n) is 5.21. The molecule has 0 amide bonds. The summed E-state index contributed by atoms with van der Waals surface area (Å²) < 4.78 is 2.07. The quantitative estimate of drug-likeness (QED) is 0.328. The van der Waals surface area contributed by atoms with Crippen LogP contribution in [0.4, 0.5) is 0 Å². The predicted octanol–water partition coefficient (Wildman–Crippen LogP) is 3.63. The second-order valence-corrected chi connectivity index (χ2v) is 7.52. The molecule has 0 spiro atoms. The Morgan fingerprint density at radius 2 is 2.03 bits per heavy atom. The summed E-state index contributed by atoms with van der Waals surface area (Å²) >= 11 is 0. The molecular weight excluding hydrogens is 372 g/mol. The van der Waals surface area contributed by atoms with Crippen LogP contribution in [0.5, 0.6) is 0 Å². The van der Waals surface area contributed by atoms with Gasteiger partial charge >= 0.3 is 0 Å². The molecule has 4 rings (SSSR count). The van der Waals surface area contributed by atoms with Crippen molar-refractivity contribution in [1.29, 1.82) is 0 Å². The van der Waals surface area contributed by atoms with Crippen molar-refractivity contribution in [3.63, 3.8) is 0 Å². The minimum Gasteiger partial charge on any atom is -0.361 e. The van der Waals surface area contributed by atoms with Crippen LogP contribution in [0.1, 0.15) is 22.3 Å². The van der Waals surface area contributed by atoms with Crippen LogP contribution < -0.4 is 10.6 Å². The van der Waals surface area contributed by atoms with E-state index in [0.717, 1.165) is 32.0 Å². The van der Waals surface area contributed by atoms with Crippen LogP contribution in [-0.2, 0) is 19.5 Å². The van der Waals surface area contributed by atoms with Crippen molar-refractivity contribution < 1.29 is 0 Å². The van der Waals surface area contributed by atoms with E-state index in [2.05, 4.69) is 85.7 Å². The number of hydrogen-bond acceptors (Lipinski definition) is 2. The first-order valence-electron chi connectivity index (χ1n) is 10.3. The van der Waals surface area contributed by atoms with Gasteiger partial charge < -0.3 is 20.2 Å². The number of imidazole rings is 1. The Balaban J connectivity index is 1.29. The van der Waals surface area contributed by atoms with Gasteiger partial charge in [0.2, 0.25) is 0 Å². The zero-order valence-electron chi connectivity index (χ0n) is 17.5. The summed E-state index contributed by atoms with van der Waals surface area (Å²) in [4.78, 5) is 11.8. The molecule has 0 aliphatic rings. The van der Waals surface area contributed by atoms with Crippen LogP contribution in [-0.4, -0.2) is 34.1 Å². The number of aryl methyl sites for hydroxylation is 1. The van der Waals surface area contributed by atoms with Gasteiger partial charge in [-0.05, 0) is 41.7 Å². The number of H-pyrrole nitrogens is 1. The molecule has 30 heavy (non-hydrogen) atoms. The van der Waals surface area contributed by atoms with Crippen LogP contribution in [0.3, 0.4) is 0 Å². The van der Waals surface area contributed by atoms with Crippen molar-refractivity contribution in [2.45, 2.75) is 26.4 Å². The van der Waals surface area contributed by atoms with Gasteiger partial charge in [0.05, 0.1) is 6.33 Å². The molecule has 2 aromatic carbocycles. The maximum absolute atomic E-state index is 4.35. The van der Waals surface area contributed by atoms with Gasteiger partial charge in [-0.3, -0.25) is 4.99 Å². The smallest absolute Gasteiger partial charge is 0.191 e. The first kappa shape index (κ1) is 19.8. The number of hydrogen-bond donors (Lipinski definition) is 3. The molecule has 0 bridgehead atoms. The number of nitrogens with zero attached hydrogens (tertiary/aromatic N) is 3. The van der Waals surface area contributed by atoms with E-state index in [0.29, 0.717) is 0 Å². The van der Waals surface area contributed by atoms with Gasteiger partial charge in [-0.25, -0.2) is 4.98 Å². The van der Waals surface area contributed by atoms with Crippen LogP contribution in [0, 0.1) is 6.92 Å². The normalized spacial score (nSPS) is 11.7. The third-order valence-corrected chi connectivity index (χ3v) is 5.21. The van der Waals surface area contributed by atoms with Crippen molar-refractivity contribution in [3.8, 4) is 0 Å². The van der Waals surface area contributed by atoms with Gasteiger partial charge in [0.25, 0.3) is 0 Å². The second kappa shape index (κ2) is 9.31. The Hall–Kier alpha value is -3.54. The molecule has 0 aliphatic carbocycles. The van der Waals surface area contributed by atoms with E-state index in [1.54, 1.807) is 13.2 Å². The number of rotatable bonds is 7. The zero-order valence-corrected chi connectivity index (χ0v) is 17.5. The van der Waals surface area contributed by atoms with Crippen LogP contribution >= 0.6 is 0 Å². The van der Waals surface area contributed by atoms with E-state index in [-0.39, 0.29) is 0 Å². The summed E-state index contributed by atoms with van der Waals surface area (Å²) in [6.45, 7) is 4.49. The summed E-state index contributed by atoms with van der Waals surface area (Å²) in [6, 6.07) is 15.1. The lowest BCUT2D eigenvalue weighted by molar-refractivity contribution is 0.783. The molecule has 0 radical (unpaired) electrons. The molecule has 6 heteroatoms. The highest BCUT2D eigenvalue weighted by Gasteiger charge is 2.05. The second-order valence-electron chi connectivity index (χ2n) is 7.52. The first-order chi connectivity index (χ1) is 14.7. The van der Waals surface area contributed by atoms with Gasteiger partial charge in [0.15, 0.2) is 5.96 Å². The molecule has 0 fully saturated rings. The summed E-state index contributed by atoms with van der Waals surface area (Å²) in [5, 5.41) is 8.12. The molecule has 3 N–H and O–H groups in total. The van der Waals surface area contributed by atoms with Crippen molar-refractivity contribution in [3.05, 3.63) is 89.6 Å². The highest BCUT2D eigenvalue weighted by molar-refractivity contribution is 5.84. The van der Waals surface area contributed by atoms with Crippen molar-refractivity contribution >= 4 is 16.9 Å². The van der Waals surface area contributed by atoms with Crippen molar-refractivity contribution in [2.75, 3.05) is 13.6 Å². The van der Waals surface area contributed by atoms with Crippen LogP contribution in [0.15, 0.2) is 72.4 Å². The van der Waals surface area contributed by atoms with Crippen molar-refractivity contribution in [1.82, 2.24) is 25.2 Å².